The molecule has 7 heteroatoms. The van der Waals surface area contributed by atoms with Crippen molar-refractivity contribution in [1.29, 1.82) is 5.26 Å². The minimum Gasteiger partial charge on any atom is -0.0622 e. The Morgan fingerprint density at radius 1 is 0.257 bits per heavy atom. The molecular formula is C63H63GeNP4W. The Morgan fingerprint density at radius 2 is 0.357 bits per heavy atom. The molecule has 1 saturated carbocycles. The maximum absolute atomic E-state index is 6.25. The standard InChI is InChI=1S/2C26H24P2.C10H15.CN.Ge.W/c2*1-5-13-23(14-6-1)27(24-15-7-2-8-16-24)21-22-28(25-17-9-3-10-18-25)26-19-11-4-12-20-26;1-6-7(2)9(4)10(5)8(6)3;1-2;;/h2*1-20H,21-22H2;1-5H3;;;/q;;;-1;;+1. The summed E-state index contributed by atoms with van der Waals surface area (Å²) in [5.41, 5.74) is 0. The third-order valence-electron chi connectivity index (χ3n) is 12.4. The molecular weight excluding hydrogens is 1150 g/mol. The van der Waals surface area contributed by atoms with Gasteiger partial charge >= 0.3 is 29.8 Å². The first-order valence-corrected chi connectivity index (χ1v) is 38.1. The molecule has 0 unspecified atom stereocenters. The summed E-state index contributed by atoms with van der Waals surface area (Å²) in [5, 5.41) is 18.0. The summed E-state index contributed by atoms with van der Waals surface area (Å²) in [4.78, 5) is 0. The molecule has 1 nitrogen and oxygen atoms in total. The number of rotatable bonds is 14. The van der Waals surface area contributed by atoms with Gasteiger partial charge in [-0.1, -0.05) is 277 Å². The van der Waals surface area contributed by atoms with E-state index in [1.165, 1.54) is 96.7 Å². The molecule has 350 valence electrons. The van der Waals surface area contributed by atoms with Gasteiger partial charge in [0.1, 0.15) is 0 Å². The predicted octanol–water partition coefficient (Wildman–Crippen LogP) is 13.2. The smallest absolute Gasteiger partial charge is 0.0195 e. The molecule has 1 fully saturated rings. The Kier molecular flexibility index (Phi) is 26.4. The van der Waals surface area contributed by atoms with Gasteiger partial charge in [-0.2, -0.15) is 0 Å². The monoisotopic (exact) mass is 1220 g/mol. The van der Waals surface area contributed by atoms with Crippen LogP contribution in [0.25, 0.3) is 0 Å². The minimum atomic E-state index is -0.348. The topological polar surface area (TPSA) is 23.8 Å². The van der Waals surface area contributed by atoms with E-state index < -0.39 is 0 Å². The maximum Gasteiger partial charge on any atom is -0.0195 e. The molecule has 0 N–H and O–H groups in total. The van der Waals surface area contributed by atoms with E-state index in [0.717, 1.165) is 0 Å². The van der Waals surface area contributed by atoms with E-state index in [1.54, 1.807) is 16.8 Å². The molecule has 0 heterocycles. The van der Waals surface area contributed by atoms with Crippen LogP contribution in [-0.4, -0.2) is 37.6 Å². The second-order valence-electron chi connectivity index (χ2n) is 16.4. The van der Waals surface area contributed by atoms with E-state index in [-0.39, 0.29) is 31.7 Å². The molecule has 0 amide bonds. The Labute approximate surface area is 443 Å². The predicted molar refractivity (Wildman–Crippen MR) is 311 cm³/mol. The second kappa shape index (κ2) is 32.3. The van der Waals surface area contributed by atoms with Crippen LogP contribution in [0.3, 0.4) is 0 Å². The van der Waals surface area contributed by atoms with Crippen molar-refractivity contribution >= 4 is 87.1 Å². The molecule has 6 radical (unpaired) electrons. The van der Waals surface area contributed by atoms with Crippen molar-refractivity contribution in [2.75, 3.05) is 24.6 Å². The van der Waals surface area contributed by atoms with Crippen LogP contribution in [0.2, 0.25) is 0 Å². The van der Waals surface area contributed by atoms with Crippen LogP contribution in [0.1, 0.15) is 34.6 Å². The van der Waals surface area contributed by atoms with Crippen LogP contribution in [0, 0.1) is 41.4 Å². The van der Waals surface area contributed by atoms with E-state index in [4.69, 9.17) is 11.8 Å². The van der Waals surface area contributed by atoms with Crippen molar-refractivity contribution in [1.82, 2.24) is 0 Å². The normalized spacial score (nSPS) is 13.0. The van der Waals surface area contributed by atoms with Gasteiger partial charge in [-0.15, -0.1) is 0 Å². The van der Waals surface area contributed by atoms with Crippen molar-refractivity contribution in [2.45, 2.75) is 34.6 Å². The average molecular weight is 1210 g/mol. The van der Waals surface area contributed by atoms with Crippen molar-refractivity contribution in [3.05, 3.63) is 279 Å². The summed E-state index contributed by atoms with van der Waals surface area (Å²) in [5.74, 6) is 7.34. The van der Waals surface area contributed by atoms with Crippen LogP contribution in [0.4, 0.5) is 0 Å². The largest absolute Gasteiger partial charge is 0.0622 e. The zero-order chi connectivity index (χ0) is 49.9. The van der Waals surface area contributed by atoms with Gasteiger partial charge < -0.3 is 11.8 Å². The summed E-state index contributed by atoms with van der Waals surface area (Å²) < 4.78 is 0. The van der Waals surface area contributed by atoms with Crippen molar-refractivity contribution in [3.63, 3.8) is 0 Å². The zero-order valence-electron chi connectivity index (χ0n) is 41.1. The van der Waals surface area contributed by atoms with Crippen molar-refractivity contribution < 1.29 is 16.8 Å². The van der Waals surface area contributed by atoms with Crippen molar-refractivity contribution in [2.24, 2.45) is 0 Å². The van der Waals surface area contributed by atoms with Gasteiger partial charge in [-0.25, -0.2) is 0 Å². The van der Waals surface area contributed by atoms with Gasteiger partial charge in [-0.05, 0) is 128 Å². The quantitative estimate of drug-likeness (QED) is 0.0605. The summed E-state index contributed by atoms with van der Waals surface area (Å²) >= 11 is 3.67. The van der Waals surface area contributed by atoms with Gasteiger partial charge in [-0.3, -0.25) is 0 Å². The molecule has 0 atom stereocenters. The molecule has 0 aromatic heterocycles. The summed E-state index contributed by atoms with van der Waals surface area (Å²) in [6.45, 7) is 15.7. The fourth-order valence-corrected chi connectivity index (χ4v) is 19.0. The summed E-state index contributed by atoms with van der Waals surface area (Å²) in [6.07, 6.45) is 4.83. The zero-order valence-corrected chi connectivity index (χ0v) is 49.7. The fraction of sp³-hybridized carbons (Fsp3) is 0.143. The van der Waals surface area contributed by atoms with Crippen LogP contribution < -0.4 is 42.4 Å². The molecule has 9 rings (SSSR count). The molecule has 1 aliphatic rings. The van der Waals surface area contributed by atoms with Crippen LogP contribution >= 0.6 is 31.7 Å². The second-order valence-corrected chi connectivity index (χ2v) is 25.8. The number of nitrogens with zero attached hydrogens (tertiary/aromatic N) is 1. The molecule has 0 bridgehead atoms. The first-order valence-electron chi connectivity index (χ1n) is 23.5. The van der Waals surface area contributed by atoms with Crippen molar-refractivity contribution in [3.8, 4) is 0 Å². The third kappa shape index (κ3) is 17.2. The molecule has 0 saturated heterocycles. The SMILES string of the molecule is C[C]1[C](C)[C](C)[C](C)[C]1C.[C-]#N.[Ge]#[W+].c1ccc(P(CCP(c2ccccc2)c2ccccc2)c2ccccc2)cc1.c1ccc(P(CCP(c2ccccc2)c2ccccc2)c2ccccc2)cc1. The van der Waals surface area contributed by atoms with Crippen LogP contribution in [0.5, 0.6) is 0 Å². The van der Waals surface area contributed by atoms with Crippen LogP contribution in [0.15, 0.2) is 243 Å². The number of hydrogen-bond acceptors (Lipinski definition) is 1. The molecule has 8 aromatic rings. The van der Waals surface area contributed by atoms with E-state index >= 15 is 0 Å². The first kappa shape index (κ1) is 57.1. The molecule has 0 aliphatic heterocycles. The fourth-order valence-electron chi connectivity index (χ4n) is 8.30. The van der Waals surface area contributed by atoms with Gasteiger partial charge in [0.15, 0.2) is 0 Å². The third-order valence-corrected chi connectivity index (χ3v) is 23.2. The Bertz CT molecular complexity index is 2090. The van der Waals surface area contributed by atoms with Gasteiger partial charge in [0.05, 0.1) is 0 Å². The van der Waals surface area contributed by atoms with E-state index in [2.05, 4.69) is 290 Å². The van der Waals surface area contributed by atoms with Gasteiger partial charge in [0, 0.05) is 0 Å². The summed E-state index contributed by atoms with van der Waals surface area (Å²) in [6, 6.07) is 88.4. The number of benzene rings is 8. The average Bonchev–Trinajstić information content (AvgIpc) is 3.61. The molecule has 1 aliphatic carbocycles. The molecule has 0 spiro atoms. The van der Waals surface area contributed by atoms with E-state index in [9.17, 15) is 0 Å². The Hall–Kier alpha value is -3.80. The van der Waals surface area contributed by atoms with Gasteiger partial charge in [0.2, 0.25) is 0 Å². The summed E-state index contributed by atoms with van der Waals surface area (Å²) in [7, 11) is -1.39. The van der Waals surface area contributed by atoms with E-state index in [0.29, 0.717) is 0 Å². The molecule has 70 heavy (non-hydrogen) atoms. The maximum atomic E-state index is 6.25. The van der Waals surface area contributed by atoms with Crippen LogP contribution in [-0.2, 0) is 16.8 Å². The molecule has 8 aromatic carbocycles. The Morgan fingerprint density at radius 3 is 0.457 bits per heavy atom. The first-order chi connectivity index (χ1) is 34.4. The van der Waals surface area contributed by atoms with Gasteiger partial charge in [0.25, 0.3) is 0 Å². The number of hydrogen-bond donors (Lipinski definition) is 0. The minimum absolute atomic E-state index is 0.348. The van der Waals surface area contributed by atoms with E-state index in [1.807, 2.05) is 0 Å². The Balaban J connectivity index is 0.000000206.